The topological polar surface area (TPSA) is 163 Å². The third-order valence-corrected chi connectivity index (χ3v) is 7.85. The number of nitriles is 1. The summed E-state index contributed by atoms with van der Waals surface area (Å²) < 4.78 is 7.54. The molecule has 12 heteroatoms. The second-order valence-electron chi connectivity index (χ2n) is 11.0. The molecule has 0 aliphatic carbocycles. The number of nitrogens with zero attached hydrogens (tertiary/aromatic N) is 6. The van der Waals surface area contributed by atoms with E-state index in [-0.39, 0.29) is 18.3 Å². The highest BCUT2D eigenvalue weighted by Gasteiger charge is 2.21. The molecule has 0 saturated carbocycles. The largest absolute Gasteiger partial charge is 0.481 e. The second-order valence-corrected chi connectivity index (χ2v) is 11.0. The number of ether oxygens (including phenoxy) is 1. The number of aliphatic carboxylic acids is 1. The number of carboxylic acids is 1. The van der Waals surface area contributed by atoms with E-state index in [1.807, 2.05) is 11.5 Å². The molecule has 3 heterocycles. The van der Waals surface area contributed by atoms with Crippen molar-refractivity contribution in [3.8, 4) is 12.1 Å². The van der Waals surface area contributed by atoms with Crippen LogP contribution in [0.2, 0.25) is 0 Å². The molecule has 1 saturated heterocycles. The van der Waals surface area contributed by atoms with E-state index >= 15 is 0 Å². The lowest BCUT2D eigenvalue weighted by Crippen LogP contribution is -2.48. The molecule has 1 amide bonds. The normalized spacial score (nSPS) is 14.8. The molecular weight excluding hydrogens is 548 g/mol. The van der Waals surface area contributed by atoms with Gasteiger partial charge in [-0.1, -0.05) is 44.5 Å². The Morgan fingerprint density at radius 3 is 2.40 bits per heavy atom. The molecule has 4 rings (SSSR count). The van der Waals surface area contributed by atoms with Gasteiger partial charge in [-0.3, -0.25) is 19.4 Å². The van der Waals surface area contributed by atoms with Gasteiger partial charge in [-0.2, -0.15) is 15.2 Å². The van der Waals surface area contributed by atoms with Crippen LogP contribution in [0.25, 0.3) is 11.0 Å². The van der Waals surface area contributed by atoms with Crippen LogP contribution in [0.15, 0.2) is 30.3 Å². The summed E-state index contributed by atoms with van der Waals surface area (Å²) >= 11 is 0. The summed E-state index contributed by atoms with van der Waals surface area (Å²) in [6.07, 6.45) is 2.27. The third kappa shape index (κ3) is 8.65. The molecule has 1 fully saturated rings. The maximum absolute atomic E-state index is 12.2. The number of aromatic nitrogens is 3. The summed E-state index contributed by atoms with van der Waals surface area (Å²) in [7, 11) is 0. The van der Waals surface area contributed by atoms with Gasteiger partial charge >= 0.3 is 12.0 Å². The van der Waals surface area contributed by atoms with Gasteiger partial charge < -0.3 is 25.5 Å². The summed E-state index contributed by atoms with van der Waals surface area (Å²) in [5, 5.41) is 22.3. The van der Waals surface area contributed by atoms with Crippen LogP contribution in [0.3, 0.4) is 0 Å². The fraction of sp³-hybridized carbons (Fsp3) is 0.516. The number of piperazine rings is 1. The number of nitrogen functional groups attached to an aromatic ring is 1. The lowest BCUT2D eigenvalue weighted by molar-refractivity contribution is -0.141. The maximum atomic E-state index is 12.2. The molecule has 3 aromatic rings. The number of hydrogen-bond donors (Lipinski definition) is 3. The first-order chi connectivity index (χ1) is 20.8. The van der Waals surface area contributed by atoms with Gasteiger partial charge in [-0.15, -0.1) is 0 Å². The van der Waals surface area contributed by atoms with Crippen molar-refractivity contribution in [2.75, 3.05) is 51.6 Å². The Morgan fingerprint density at radius 2 is 1.77 bits per heavy atom. The predicted molar refractivity (Wildman–Crippen MR) is 163 cm³/mol. The van der Waals surface area contributed by atoms with E-state index in [0.29, 0.717) is 48.7 Å². The van der Waals surface area contributed by atoms with Crippen LogP contribution >= 0.6 is 0 Å². The quantitative estimate of drug-likeness (QED) is 0.224. The second kappa shape index (κ2) is 15.3. The number of carbonyl (C=O) groups excluding carboxylic acids is 1. The number of fused-ring (bicyclic) bond motifs is 1. The standard InChI is InChI=1S/C31H42N8O4/c1-3-5-16-43-31-35-28(33)26-18-25(19-32)39(29(26)36-31)21-23-8-6-22(7-9-23)20-38-14-12-37(13-15-38)11-10-34-30(42)24(4-2)17-27(40)41/h6-9,18,24H,3-5,10-17,20-21H2,1-2H3,(H,34,42)(H,40,41)(H2,33,35,36). The van der Waals surface area contributed by atoms with E-state index in [0.717, 1.165) is 57.7 Å². The van der Waals surface area contributed by atoms with Crippen molar-refractivity contribution >= 4 is 28.7 Å². The molecule has 1 aliphatic heterocycles. The summed E-state index contributed by atoms with van der Waals surface area (Å²) in [6.45, 7) is 10.7. The zero-order valence-electron chi connectivity index (χ0n) is 25.1. The van der Waals surface area contributed by atoms with Crippen LogP contribution in [-0.2, 0) is 22.7 Å². The zero-order chi connectivity index (χ0) is 30.8. The van der Waals surface area contributed by atoms with E-state index < -0.39 is 11.9 Å². The highest BCUT2D eigenvalue weighted by atomic mass is 16.5. The minimum Gasteiger partial charge on any atom is -0.481 e. The predicted octanol–water partition coefficient (Wildman–Crippen LogP) is 2.85. The van der Waals surface area contributed by atoms with Gasteiger partial charge in [-0.05, 0) is 30.0 Å². The van der Waals surface area contributed by atoms with E-state index in [1.165, 1.54) is 5.56 Å². The molecule has 43 heavy (non-hydrogen) atoms. The molecule has 12 nitrogen and oxygen atoms in total. The average Bonchev–Trinajstić information content (AvgIpc) is 3.35. The number of nitrogens with two attached hydrogens (primary N) is 1. The molecule has 1 atom stereocenters. The number of benzene rings is 1. The third-order valence-electron chi connectivity index (χ3n) is 7.85. The number of rotatable bonds is 15. The van der Waals surface area contributed by atoms with Crippen LogP contribution in [-0.4, -0.2) is 87.2 Å². The molecule has 0 bridgehead atoms. The Hall–Kier alpha value is -4.21. The smallest absolute Gasteiger partial charge is 0.320 e. The number of nitrogens with one attached hydrogen (secondary N) is 1. The van der Waals surface area contributed by atoms with Crippen molar-refractivity contribution in [2.24, 2.45) is 5.92 Å². The number of unbranched alkanes of at least 4 members (excludes halogenated alkanes) is 1. The van der Waals surface area contributed by atoms with E-state index in [1.54, 1.807) is 6.07 Å². The number of hydrogen-bond acceptors (Lipinski definition) is 9. The minimum absolute atomic E-state index is 0.133. The van der Waals surface area contributed by atoms with Gasteiger partial charge in [0.15, 0.2) is 5.65 Å². The number of carboxylic acid groups (broad SMARTS) is 1. The molecule has 230 valence electrons. The lowest BCUT2D eigenvalue weighted by atomic mass is 10.0. The van der Waals surface area contributed by atoms with Crippen molar-refractivity contribution in [3.63, 3.8) is 0 Å². The van der Waals surface area contributed by atoms with Crippen LogP contribution in [0.4, 0.5) is 5.82 Å². The van der Waals surface area contributed by atoms with E-state index in [2.05, 4.69) is 62.3 Å². The lowest BCUT2D eigenvalue weighted by Gasteiger charge is -2.34. The van der Waals surface area contributed by atoms with Crippen molar-refractivity contribution in [3.05, 3.63) is 47.2 Å². The van der Waals surface area contributed by atoms with Gasteiger partial charge in [0, 0.05) is 51.7 Å². The molecule has 0 spiro atoms. The zero-order valence-corrected chi connectivity index (χ0v) is 25.1. The Bertz CT molecular complexity index is 1420. The Labute approximate surface area is 252 Å². The first-order valence-electron chi connectivity index (χ1n) is 15.0. The number of carbonyl (C=O) groups is 2. The van der Waals surface area contributed by atoms with Gasteiger partial charge in [-0.25, -0.2) is 0 Å². The Kier molecular flexibility index (Phi) is 11.3. The summed E-state index contributed by atoms with van der Waals surface area (Å²) in [5.41, 5.74) is 9.49. The summed E-state index contributed by atoms with van der Waals surface area (Å²) in [5.74, 6) is -1.31. The highest BCUT2D eigenvalue weighted by molar-refractivity contribution is 5.88. The molecule has 4 N–H and O–H groups in total. The molecule has 2 aromatic heterocycles. The van der Waals surface area contributed by atoms with Crippen molar-refractivity contribution < 1.29 is 19.4 Å². The molecule has 1 unspecified atom stereocenters. The Morgan fingerprint density at radius 1 is 1.09 bits per heavy atom. The monoisotopic (exact) mass is 590 g/mol. The maximum Gasteiger partial charge on any atom is 0.320 e. The SMILES string of the molecule is CCCCOc1nc(N)c2cc(C#N)n(Cc3ccc(CN4CCN(CCNC(=O)C(CC)CC(=O)O)CC4)cc3)c2n1. The van der Waals surface area contributed by atoms with Crippen molar-refractivity contribution in [1.29, 1.82) is 5.26 Å². The fourth-order valence-corrected chi connectivity index (χ4v) is 5.23. The van der Waals surface area contributed by atoms with Gasteiger partial charge in [0.25, 0.3) is 0 Å². The number of anilines is 1. The van der Waals surface area contributed by atoms with Crippen LogP contribution in [0.1, 0.15) is 56.4 Å². The van der Waals surface area contributed by atoms with Gasteiger partial charge in [0.2, 0.25) is 5.91 Å². The van der Waals surface area contributed by atoms with Gasteiger partial charge in [0.05, 0.1) is 25.0 Å². The molecule has 0 radical (unpaired) electrons. The van der Waals surface area contributed by atoms with E-state index in [4.69, 9.17) is 15.6 Å². The average molecular weight is 591 g/mol. The fourth-order valence-electron chi connectivity index (χ4n) is 5.23. The van der Waals surface area contributed by atoms with Crippen molar-refractivity contribution in [2.45, 2.75) is 52.6 Å². The Balaban J connectivity index is 1.28. The van der Waals surface area contributed by atoms with Gasteiger partial charge in [0.1, 0.15) is 17.6 Å². The number of amides is 1. The summed E-state index contributed by atoms with van der Waals surface area (Å²) in [6, 6.07) is 12.6. The first-order valence-corrected chi connectivity index (χ1v) is 15.0. The molecule has 1 aromatic carbocycles. The molecular formula is C31H42N8O4. The molecule has 1 aliphatic rings. The first kappa shape index (κ1) is 31.7. The van der Waals surface area contributed by atoms with Crippen LogP contribution in [0.5, 0.6) is 6.01 Å². The van der Waals surface area contributed by atoms with Crippen LogP contribution in [0, 0.1) is 17.2 Å². The minimum atomic E-state index is -0.946. The van der Waals surface area contributed by atoms with Crippen molar-refractivity contribution in [1.82, 2.24) is 29.7 Å². The van der Waals surface area contributed by atoms with E-state index in [9.17, 15) is 14.9 Å². The summed E-state index contributed by atoms with van der Waals surface area (Å²) in [4.78, 5) is 36.8. The highest BCUT2D eigenvalue weighted by Crippen LogP contribution is 2.26. The van der Waals surface area contributed by atoms with Crippen LogP contribution < -0.4 is 15.8 Å².